The fourth-order valence-electron chi connectivity index (χ4n) is 4.05. The van der Waals surface area contributed by atoms with Crippen LogP contribution in [0.1, 0.15) is 24.8 Å². The Labute approximate surface area is 161 Å². The third-order valence-corrected chi connectivity index (χ3v) is 5.64. The molecule has 0 saturated carbocycles. The van der Waals surface area contributed by atoms with Gasteiger partial charge in [0.25, 0.3) is 0 Å². The van der Waals surface area contributed by atoms with Crippen LogP contribution in [0.5, 0.6) is 0 Å². The summed E-state index contributed by atoms with van der Waals surface area (Å²) in [7, 11) is 2.12. The molecule has 2 saturated heterocycles. The first-order chi connectivity index (χ1) is 13.4. The molecule has 1 atom stereocenters. The fourth-order valence-corrected chi connectivity index (χ4v) is 4.05. The van der Waals surface area contributed by atoms with Crippen LogP contribution in [-0.2, 0) is 6.18 Å². The molecule has 4 rings (SSSR count). The number of alkyl halides is 3. The van der Waals surface area contributed by atoms with Crippen LogP contribution >= 0.6 is 0 Å². The number of hydrogen-bond acceptors (Lipinski definition) is 6. The minimum atomic E-state index is -4.52. The molecule has 0 amide bonds. The molecule has 1 N–H and O–H groups in total. The van der Waals surface area contributed by atoms with E-state index in [2.05, 4.69) is 32.4 Å². The van der Waals surface area contributed by atoms with Crippen LogP contribution in [-0.4, -0.2) is 65.3 Å². The molecule has 2 aromatic heterocycles. The number of anilines is 1. The second kappa shape index (κ2) is 7.71. The Bertz CT molecular complexity index is 787. The average molecular weight is 395 g/mol. The summed E-state index contributed by atoms with van der Waals surface area (Å²) in [6, 6.07) is 4.61. The maximum atomic E-state index is 13.6. The van der Waals surface area contributed by atoms with E-state index in [0.29, 0.717) is 6.04 Å². The van der Waals surface area contributed by atoms with Crippen molar-refractivity contribution in [3.8, 4) is 11.5 Å². The molecule has 1 unspecified atom stereocenters. The van der Waals surface area contributed by atoms with Crippen molar-refractivity contribution in [1.82, 2.24) is 20.0 Å². The molecule has 2 aliphatic rings. The summed E-state index contributed by atoms with van der Waals surface area (Å²) in [6.07, 6.45) is -0.118. The lowest BCUT2D eigenvalue weighted by Gasteiger charge is -2.35. The first kappa shape index (κ1) is 19.2. The fraction of sp³-hybridized carbons (Fsp3) is 0.579. The molecule has 9 heteroatoms. The van der Waals surface area contributed by atoms with Crippen LogP contribution in [0, 0.1) is 0 Å². The molecule has 6 nitrogen and oxygen atoms in total. The van der Waals surface area contributed by atoms with Gasteiger partial charge in [-0.1, -0.05) is 0 Å². The highest BCUT2D eigenvalue weighted by Crippen LogP contribution is 2.36. The summed E-state index contributed by atoms with van der Waals surface area (Å²) >= 11 is 0. The van der Waals surface area contributed by atoms with Gasteiger partial charge < -0.3 is 14.6 Å². The number of hydrogen-bond donors (Lipinski definition) is 1. The normalized spacial score (nSPS) is 22.6. The van der Waals surface area contributed by atoms with Gasteiger partial charge >= 0.3 is 6.18 Å². The molecule has 0 spiro atoms. The minimum absolute atomic E-state index is 0.0653. The van der Waals surface area contributed by atoms with E-state index in [-0.39, 0.29) is 23.3 Å². The quantitative estimate of drug-likeness (QED) is 0.857. The summed E-state index contributed by atoms with van der Waals surface area (Å²) < 4.78 is 45.9. The number of nitrogens with zero attached hydrogens (tertiary/aromatic N) is 4. The van der Waals surface area contributed by atoms with Gasteiger partial charge in [0.15, 0.2) is 11.6 Å². The molecule has 28 heavy (non-hydrogen) atoms. The number of nitrogens with one attached hydrogen (secondary N) is 1. The highest BCUT2D eigenvalue weighted by atomic mass is 19.4. The number of piperidine rings is 1. The van der Waals surface area contributed by atoms with Crippen molar-refractivity contribution in [2.45, 2.75) is 37.5 Å². The standard InChI is InChI=1S/C19H24F3N5O/c1-26-7-5-14(6-8-26)27-9-4-13(12-27)23-18-15(19(20,21)22)11-16(24-25-18)17-3-2-10-28-17/h2-3,10-11,13-14H,4-9,12H2,1H3,(H,23,25). The number of aromatic nitrogens is 2. The van der Waals surface area contributed by atoms with Gasteiger partial charge in [0.2, 0.25) is 0 Å². The molecule has 152 valence electrons. The summed E-state index contributed by atoms with van der Waals surface area (Å²) in [5, 5.41) is 10.8. The Morgan fingerprint density at radius 2 is 1.93 bits per heavy atom. The zero-order valence-corrected chi connectivity index (χ0v) is 15.7. The van der Waals surface area contributed by atoms with Crippen molar-refractivity contribution in [3.63, 3.8) is 0 Å². The SMILES string of the molecule is CN1CCC(N2CCC(Nc3nnc(-c4ccco4)cc3C(F)(F)F)C2)CC1. The molecule has 0 radical (unpaired) electrons. The van der Waals surface area contributed by atoms with E-state index in [9.17, 15) is 13.2 Å². The van der Waals surface area contributed by atoms with Gasteiger partial charge in [-0.15, -0.1) is 10.2 Å². The van der Waals surface area contributed by atoms with Crippen LogP contribution in [0.25, 0.3) is 11.5 Å². The van der Waals surface area contributed by atoms with Gasteiger partial charge in [-0.25, -0.2) is 0 Å². The zero-order chi connectivity index (χ0) is 19.7. The summed E-state index contributed by atoms with van der Waals surface area (Å²) in [4.78, 5) is 4.71. The Hall–Kier alpha value is -2.13. The van der Waals surface area contributed by atoms with Gasteiger partial charge in [0, 0.05) is 25.2 Å². The molecular formula is C19H24F3N5O. The van der Waals surface area contributed by atoms with Gasteiger partial charge in [0.05, 0.1) is 6.26 Å². The lowest BCUT2D eigenvalue weighted by Crippen LogP contribution is -2.43. The summed E-state index contributed by atoms with van der Waals surface area (Å²) in [5.74, 6) is 0.0527. The number of furan rings is 1. The van der Waals surface area contributed by atoms with E-state index < -0.39 is 11.7 Å². The van der Waals surface area contributed by atoms with Crippen LogP contribution in [0.2, 0.25) is 0 Å². The van der Waals surface area contributed by atoms with E-state index >= 15 is 0 Å². The first-order valence-corrected chi connectivity index (χ1v) is 9.58. The first-order valence-electron chi connectivity index (χ1n) is 9.58. The molecule has 0 bridgehead atoms. The second-order valence-corrected chi connectivity index (χ2v) is 7.63. The number of likely N-dealkylation sites (tertiary alicyclic amines) is 2. The average Bonchev–Trinajstić information content (AvgIpc) is 3.34. The molecule has 2 aliphatic heterocycles. The van der Waals surface area contributed by atoms with Crippen molar-refractivity contribution in [2.75, 3.05) is 38.5 Å². The Morgan fingerprint density at radius 1 is 1.14 bits per heavy atom. The Kier molecular flexibility index (Phi) is 5.29. The second-order valence-electron chi connectivity index (χ2n) is 7.63. The highest BCUT2D eigenvalue weighted by molar-refractivity contribution is 5.57. The Balaban J connectivity index is 1.47. The lowest BCUT2D eigenvalue weighted by atomic mass is 10.0. The van der Waals surface area contributed by atoms with Crippen molar-refractivity contribution in [2.24, 2.45) is 0 Å². The topological polar surface area (TPSA) is 57.4 Å². The van der Waals surface area contributed by atoms with Crippen molar-refractivity contribution in [1.29, 1.82) is 0 Å². The van der Waals surface area contributed by atoms with Crippen LogP contribution in [0.15, 0.2) is 28.9 Å². The summed E-state index contributed by atoms with van der Waals surface area (Å²) in [5.41, 5.74) is -0.742. The van der Waals surface area contributed by atoms with Crippen LogP contribution in [0.4, 0.5) is 19.0 Å². The van der Waals surface area contributed by atoms with Crippen LogP contribution < -0.4 is 5.32 Å². The highest BCUT2D eigenvalue weighted by Gasteiger charge is 2.37. The predicted octanol–water partition coefficient (Wildman–Crippen LogP) is 3.34. The molecule has 0 aromatic carbocycles. The third-order valence-electron chi connectivity index (χ3n) is 5.64. The lowest BCUT2D eigenvalue weighted by molar-refractivity contribution is -0.137. The van der Waals surface area contributed by atoms with Gasteiger partial charge in [-0.2, -0.15) is 13.2 Å². The minimum Gasteiger partial charge on any atom is -0.463 e. The summed E-state index contributed by atoms with van der Waals surface area (Å²) in [6.45, 7) is 3.76. The van der Waals surface area contributed by atoms with E-state index in [4.69, 9.17) is 4.42 Å². The van der Waals surface area contributed by atoms with E-state index in [1.807, 2.05) is 0 Å². The van der Waals surface area contributed by atoms with Crippen molar-refractivity contribution in [3.05, 3.63) is 30.0 Å². The smallest absolute Gasteiger partial charge is 0.420 e. The number of halogens is 3. The molecular weight excluding hydrogens is 371 g/mol. The Morgan fingerprint density at radius 3 is 2.61 bits per heavy atom. The molecule has 2 fully saturated rings. The third kappa shape index (κ3) is 4.15. The van der Waals surface area contributed by atoms with E-state index in [0.717, 1.165) is 51.5 Å². The maximum absolute atomic E-state index is 13.6. The predicted molar refractivity (Wildman–Crippen MR) is 98.9 cm³/mol. The molecule has 4 heterocycles. The van der Waals surface area contributed by atoms with Crippen molar-refractivity contribution >= 4 is 5.82 Å². The zero-order valence-electron chi connectivity index (χ0n) is 15.7. The van der Waals surface area contributed by atoms with Crippen LogP contribution in [0.3, 0.4) is 0 Å². The monoisotopic (exact) mass is 395 g/mol. The van der Waals surface area contributed by atoms with Crippen molar-refractivity contribution < 1.29 is 17.6 Å². The number of rotatable bonds is 4. The van der Waals surface area contributed by atoms with Gasteiger partial charge in [0.1, 0.15) is 11.3 Å². The molecule has 2 aromatic rings. The van der Waals surface area contributed by atoms with E-state index in [1.54, 1.807) is 12.1 Å². The molecule has 0 aliphatic carbocycles. The van der Waals surface area contributed by atoms with E-state index in [1.165, 1.54) is 6.26 Å². The maximum Gasteiger partial charge on any atom is 0.420 e. The van der Waals surface area contributed by atoms with Gasteiger partial charge in [-0.05, 0) is 57.6 Å². The van der Waals surface area contributed by atoms with Gasteiger partial charge in [-0.3, -0.25) is 4.90 Å². The largest absolute Gasteiger partial charge is 0.463 e.